The summed E-state index contributed by atoms with van der Waals surface area (Å²) in [6.45, 7) is 3.07. The molecule has 1 aromatic carbocycles. The molecule has 0 bridgehead atoms. The van der Waals surface area contributed by atoms with Crippen LogP contribution in [-0.4, -0.2) is 40.3 Å². The number of nitrogens with zero attached hydrogens (tertiary/aromatic N) is 2. The van der Waals surface area contributed by atoms with E-state index in [1.54, 1.807) is 0 Å². The molecule has 0 saturated heterocycles. The van der Waals surface area contributed by atoms with Gasteiger partial charge in [-0.3, -0.25) is 4.57 Å². The zero-order chi connectivity index (χ0) is 20.2. The van der Waals surface area contributed by atoms with E-state index in [4.69, 9.17) is 4.74 Å². The molecule has 1 N–H and O–H groups in total. The van der Waals surface area contributed by atoms with Crippen LogP contribution in [0.1, 0.15) is 25.5 Å². The van der Waals surface area contributed by atoms with Crippen molar-refractivity contribution >= 4 is 9.84 Å². The van der Waals surface area contributed by atoms with Crippen molar-refractivity contribution in [3.05, 3.63) is 52.7 Å². The summed E-state index contributed by atoms with van der Waals surface area (Å²) >= 11 is 0. The van der Waals surface area contributed by atoms with Crippen LogP contribution in [0.15, 0.2) is 46.3 Å². The van der Waals surface area contributed by atoms with E-state index in [-0.39, 0.29) is 11.3 Å². The van der Waals surface area contributed by atoms with E-state index in [9.17, 15) is 31.5 Å². The summed E-state index contributed by atoms with van der Waals surface area (Å²) in [5.41, 5.74) is -7.51. The fraction of sp³-hybridized carbons (Fsp3) is 0.375. The number of rotatable bonds is 2. The van der Waals surface area contributed by atoms with E-state index >= 15 is 0 Å². The molecule has 27 heavy (non-hydrogen) atoms. The monoisotopic (exact) mass is 404 g/mol. The first kappa shape index (κ1) is 19.4. The molecule has 0 unspecified atom stereocenters. The van der Waals surface area contributed by atoms with Gasteiger partial charge in [0.15, 0.2) is 0 Å². The van der Waals surface area contributed by atoms with Gasteiger partial charge in [0.25, 0.3) is 9.84 Å². The molecule has 11 heteroatoms. The fourth-order valence-electron chi connectivity index (χ4n) is 2.93. The maximum absolute atomic E-state index is 12.9. The molecule has 146 valence electrons. The van der Waals surface area contributed by atoms with Gasteiger partial charge in [-0.1, -0.05) is 0 Å². The predicted molar refractivity (Wildman–Crippen MR) is 87.0 cm³/mol. The maximum Gasteiger partial charge on any atom is 0.501 e. The van der Waals surface area contributed by atoms with Gasteiger partial charge in [-0.2, -0.15) is 13.2 Å². The lowest BCUT2D eigenvalue weighted by molar-refractivity contribution is -0.0646. The van der Waals surface area contributed by atoms with Crippen LogP contribution in [-0.2, 0) is 9.84 Å². The Morgan fingerprint density at radius 3 is 2.56 bits per heavy atom. The number of alkyl halides is 3. The van der Waals surface area contributed by atoms with E-state index in [2.05, 4.69) is 4.98 Å². The average Bonchev–Trinajstić information content (AvgIpc) is 2.55. The highest BCUT2D eigenvalue weighted by atomic mass is 32.2. The first-order valence-electron chi connectivity index (χ1n) is 7.72. The predicted octanol–water partition coefficient (Wildman–Crippen LogP) is 1.66. The van der Waals surface area contributed by atoms with E-state index in [0.717, 1.165) is 22.8 Å². The van der Waals surface area contributed by atoms with Crippen LogP contribution in [0.2, 0.25) is 0 Å². The van der Waals surface area contributed by atoms with E-state index in [0.29, 0.717) is 0 Å². The molecule has 0 fully saturated rings. The van der Waals surface area contributed by atoms with Gasteiger partial charge >= 0.3 is 11.2 Å². The summed E-state index contributed by atoms with van der Waals surface area (Å²) in [5, 5.41) is 10.7. The van der Waals surface area contributed by atoms with Gasteiger partial charge in [-0.25, -0.2) is 18.2 Å². The molecule has 3 rings (SSSR count). The summed E-state index contributed by atoms with van der Waals surface area (Å²) < 4.78 is 68.8. The summed E-state index contributed by atoms with van der Waals surface area (Å²) in [5.74, 6) is 0.0622. The minimum Gasteiger partial charge on any atom is -0.485 e. The number of aliphatic hydroxyl groups excluding tert-OH is 1. The Balaban J connectivity index is 2.27. The van der Waals surface area contributed by atoms with Gasteiger partial charge in [0.1, 0.15) is 17.5 Å². The van der Waals surface area contributed by atoms with Gasteiger partial charge in [-0.05, 0) is 38.1 Å². The van der Waals surface area contributed by atoms with E-state index in [1.165, 1.54) is 32.3 Å². The summed E-state index contributed by atoms with van der Waals surface area (Å²) in [7, 11) is -5.61. The lowest BCUT2D eigenvalue weighted by Gasteiger charge is -2.42. The van der Waals surface area contributed by atoms with Crippen molar-refractivity contribution in [1.29, 1.82) is 0 Å². The molecule has 0 saturated carbocycles. The first-order chi connectivity index (χ1) is 12.4. The Morgan fingerprint density at radius 2 is 1.96 bits per heavy atom. The van der Waals surface area contributed by atoms with Crippen molar-refractivity contribution in [3.63, 3.8) is 0 Å². The topological polar surface area (TPSA) is 98.5 Å². The van der Waals surface area contributed by atoms with Crippen LogP contribution < -0.4 is 10.4 Å². The average molecular weight is 404 g/mol. The molecule has 2 atom stereocenters. The Bertz CT molecular complexity index is 1050. The Kier molecular flexibility index (Phi) is 4.35. The number of hydrogen-bond acceptors (Lipinski definition) is 6. The third kappa shape index (κ3) is 3.10. The lowest BCUT2D eigenvalue weighted by atomic mass is 9.86. The van der Waals surface area contributed by atoms with Crippen molar-refractivity contribution < 1.29 is 31.4 Å². The Morgan fingerprint density at radius 1 is 1.30 bits per heavy atom. The normalized spacial score (nSPS) is 22.0. The van der Waals surface area contributed by atoms with Crippen LogP contribution in [0, 0.1) is 0 Å². The summed E-state index contributed by atoms with van der Waals surface area (Å²) in [6.07, 6.45) is 1.16. The molecule has 2 aromatic rings. The largest absolute Gasteiger partial charge is 0.501 e. The first-order valence-corrected chi connectivity index (χ1v) is 9.20. The SMILES string of the molecule is CC1(C)Oc2ccc(S(=O)(=O)C(F)(F)F)cc2[C@@H](n2cccnc2=O)[C@@H]1O. The fourth-order valence-corrected chi connectivity index (χ4v) is 3.72. The van der Waals surface area contributed by atoms with Crippen molar-refractivity contribution in [3.8, 4) is 5.75 Å². The van der Waals surface area contributed by atoms with E-state index < -0.39 is 43.7 Å². The molecule has 0 spiro atoms. The lowest BCUT2D eigenvalue weighted by Crippen LogP contribution is -2.52. The number of ether oxygens (including phenoxy) is 1. The third-order valence-electron chi connectivity index (χ3n) is 4.34. The minimum absolute atomic E-state index is 0.0622. The number of benzene rings is 1. The summed E-state index contributed by atoms with van der Waals surface area (Å²) in [6, 6.07) is 2.84. The van der Waals surface area contributed by atoms with Crippen LogP contribution >= 0.6 is 0 Å². The highest BCUT2D eigenvalue weighted by Gasteiger charge is 2.49. The van der Waals surface area contributed by atoms with Crippen molar-refractivity contribution in [2.45, 2.75) is 42.0 Å². The molecular weight excluding hydrogens is 389 g/mol. The molecular formula is C16H15F3N2O5S. The van der Waals surface area contributed by atoms with Gasteiger partial charge in [0.2, 0.25) is 0 Å². The number of sulfone groups is 1. The van der Waals surface area contributed by atoms with Gasteiger partial charge in [-0.15, -0.1) is 0 Å². The zero-order valence-corrected chi connectivity index (χ0v) is 15.0. The second kappa shape index (κ2) is 6.06. The Labute approximate surface area is 152 Å². The molecule has 1 aliphatic rings. The molecule has 7 nitrogen and oxygen atoms in total. The van der Waals surface area contributed by atoms with Crippen molar-refractivity contribution in [1.82, 2.24) is 9.55 Å². The second-order valence-electron chi connectivity index (χ2n) is 6.55. The summed E-state index contributed by atoms with van der Waals surface area (Å²) in [4.78, 5) is 14.7. The number of fused-ring (bicyclic) bond motifs is 1. The number of hydrogen-bond donors (Lipinski definition) is 1. The van der Waals surface area contributed by atoms with Crippen LogP contribution in [0.5, 0.6) is 5.75 Å². The molecule has 1 aromatic heterocycles. The van der Waals surface area contributed by atoms with E-state index in [1.807, 2.05) is 0 Å². The highest BCUT2D eigenvalue weighted by molar-refractivity contribution is 7.92. The van der Waals surface area contributed by atoms with Crippen molar-refractivity contribution in [2.75, 3.05) is 0 Å². The molecule has 0 radical (unpaired) electrons. The van der Waals surface area contributed by atoms with Gasteiger partial charge in [0, 0.05) is 18.0 Å². The van der Waals surface area contributed by atoms with Crippen LogP contribution in [0.25, 0.3) is 0 Å². The third-order valence-corrected chi connectivity index (χ3v) is 5.82. The van der Waals surface area contributed by atoms with Crippen LogP contribution in [0.4, 0.5) is 13.2 Å². The quantitative estimate of drug-likeness (QED) is 0.818. The molecule has 0 aliphatic carbocycles. The van der Waals surface area contributed by atoms with Gasteiger partial charge in [0.05, 0.1) is 10.9 Å². The van der Waals surface area contributed by atoms with Crippen LogP contribution in [0.3, 0.4) is 0 Å². The number of aliphatic hydroxyl groups is 1. The molecule has 1 aliphatic heterocycles. The number of aromatic nitrogens is 2. The highest BCUT2D eigenvalue weighted by Crippen LogP contribution is 2.43. The van der Waals surface area contributed by atoms with Gasteiger partial charge < -0.3 is 9.84 Å². The molecule has 2 heterocycles. The maximum atomic E-state index is 12.9. The zero-order valence-electron chi connectivity index (χ0n) is 14.1. The second-order valence-corrected chi connectivity index (χ2v) is 8.49. The Hall–Kier alpha value is -2.40. The smallest absolute Gasteiger partial charge is 0.485 e. The minimum atomic E-state index is -5.61. The van der Waals surface area contributed by atoms with Crippen molar-refractivity contribution in [2.24, 2.45) is 0 Å². The number of halogens is 3. The standard InChI is InChI=1S/C16H15F3N2O5S/c1-15(2)13(22)12(21-7-3-6-20-14(21)23)10-8-9(4-5-11(10)26-15)27(24,25)16(17,18)19/h3-8,12-13,22H,1-2H3/t12-,13+/m1/s1. The molecule has 0 amide bonds.